The van der Waals surface area contributed by atoms with Crippen LogP contribution in [0.4, 0.5) is 5.69 Å². The highest BCUT2D eigenvalue weighted by atomic mass is 79.9. The van der Waals surface area contributed by atoms with E-state index in [4.69, 9.17) is 4.74 Å². The SMILES string of the molecule is COc1ccc(Br)cc1C(Nc1ccccc1Br)C(=O)O. The second-order valence-corrected chi connectivity index (χ2v) is 6.05. The van der Waals surface area contributed by atoms with Crippen LogP contribution in [0.5, 0.6) is 5.75 Å². The lowest BCUT2D eigenvalue weighted by Gasteiger charge is -2.19. The molecule has 0 amide bonds. The first kappa shape index (κ1) is 15.9. The molecule has 110 valence electrons. The van der Waals surface area contributed by atoms with Crippen molar-refractivity contribution in [2.45, 2.75) is 6.04 Å². The van der Waals surface area contributed by atoms with Gasteiger partial charge >= 0.3 is 5.97 Å². The van der Waals surface area contributed by atoms with Gasteiger partial charge in [-0.25, -0.2) is 4.79 Å². The van der Waals surface area contributed by atoms with Crippen LogP contribution in [0, 0.1) is 0 Å². The molecule has 2 N–H and O–H groups in total. The number of hydrogen-bond acceptors (Lipinski definition) is 3. The van der Waals surface area contributed by atoms with Crippen molar-refractivity contribution in [3.8, 4) is 5.75 Å². The predicted octanol–water partition coefficient (Wildman–Crippen LogP) is 4.46. The number of carbonyl (C=O) groups is 1. The van der Waals surface area contributed by atoms with Crippen LogP contribution in [0.2, 0.25) is 0 Å². The van der Waals surface area contributed by atoms with Crippen LogP contribution in [0.1, 0.15) is 11.6 Å². The minimum Gasteiger partial charge on any atom is -0.496 e. The average Bonchev–Trinajstić information content (AvgIpc) is 2.46. The largest absolute Gasteiger partial charge is 0.496 e. The van der Waals surface area contributed by atoms with Crippen LogP contribution in [-0.2, 0) is 4.79 Å². The number of benzene rings is 2. The molecule has 0 aliphatic heterocycles. The van der Waals surface area contributed by atoms with E-state index in [2.05, 4.69) is 37.2 Å². The number of para-hydroxylation sites is 1. The van der Waals surface area contributed by atoms with Gasteiger partial charge in [0.15, 0.2) is 6.04 Å². The number of carboxylic acid groups (broad SMARTS) is 1. The van der Waals surface area contributed by atoms with Crippen LogP contribution < -0.4 is 10.1 Å². The quantitative estimate of drug-likeness (QED) is 0.758. The molecule has 2 rings (SSSR count). The first-order valence-corrected chi connectivity index (χ1v) is 7.69. The molecular weight excluding hydrogens is 402 g/mol. The van der Waals surface area contributed by atoms with E-state index in [-0.39, 0.29) is 0 Å². The second-order valence-electron chi connectivity index (χ2n) is 4.28. The van der Waals surface area contributed by atoms with Gasteiger partial charge in [-0.1, -0.05) is 28.1 Å². The molecule has 0 aliphatic carbocycles. The highest BCUT2D eigenvalue weighted by Gasteiger charge is 2.24. The normalized spacial score (nSPS) is 11.8. The highest BCUT2D eigenvalue weighted by molar-refractivity contribution is 9.10. The number of aliphatic carboxylic acids is 1. The van der Waals surface area contributed by atoms with Gasteiger partial charge in [0.05, 0.1) is 7.11 Å². The van der Waals surface area contributed by atoms with Gasteiger partial charge in [0, 0.05) is 20.2 Å². The summed E-state index contributed by atoms with van der Waals surface area (Å²) in [5, 5.41) is 12.6. The smallest absolute Gasteiger partial charge is 0.330 e. The third-order valence-corrected chi connectivity index (χ3v) is 4.11. The summed E-state index contributed by atoms with van der Waals surface area (Å²) in [6.07, 6.45) is 0. The third kappa shape index (κ3) is 3.77. The minimum atomic E-state index is -0.984. The molecule has 0 aliphatic rings. The Bertz CT molecular complexity index is 661. The van der Waals surface area contributed by atoms with E-state index in [1.54, 1.807) is 18.2 Å². The summed E-state index contributed by atoms with van der Waals surface area (Å²) in [5.41, 5.74) is 1.25. The fourth-order valence-electron chi connectivity index (χ4n) is 1.94. The van der Waals surface area contributed by atoms with Crippen molar-refractivity contribution in [2.24, 2.45) is 0 Å². The Kier molecular flexibility index (Phi) is 5.25. The monoisotopic (exact) mass is 413 g/mol. The molecule has 21 heavy (non-hydrogen) atoms. The first-order chi connectivity index (χ1) is 10.0. The molecule has 0 saturated heterocycles. The Labute approximate surface area is 139 Å². The van der Waals surface area contributed by atoms with Crippen LogP contribution in [0.25, 0.3) is 0 Å². The van der Waals surface area contributed by atoms with Gasteiger partial charge in [-0.15, -0.1) is 0 Å². The maximum atomic E-state index is 11.6. The Morgan fingerprint density at radius 2 is 1.95 bits per heavy atom. The van der Waals surface area contributed by atoms with Crippen LogP contribution in [0.3, 0.4) is 0 Å². The van der Waals surface area contributed by atoms with E-state index in [1.807, 2.05) is 24.3 Å². The maximum absolute atomic E-state index is 11.6. The molecule has 2 aromatic carbocycles. The zero-order valence-electron chi connectivity index (χ0n) is 11.1. The van der Waals surface area contributed by atoms with Crippen molar-refractivity contribution in [3.05, 3.63) is 57.0 Å². The summed E-state index contributed by atoms with van der Waals surface area (Å²) in [4.78, 5) is 11.6. The lowest BCUT2D eigenvalue weighted by Crippen LogP contribution is -2.21. The minimum absolute atomic E-state index is 0.519. The fraction of sp³-hybridized carbons (Fsp3) is 0.133. The molecule has 1 atom stereocenters. The predicted molar refractivity (Wildman–Crippen MR) is 88.8 cm³/mol. The Morgan fingerprint density at radius 3 is 2.57 bits per heavy atom. The number of ether oxygens (including phenoxy) is 1. The summed E-state index contributed by atoms with van der Waals surface area (Å²) in [6.45, 7) is 0. The molecule has 0 fully saturated rings. The Morgan fingerprint density at radius 1 is 1.24 bits per heavy atom. The van der Waals surface area contributed by atoms with Gasteiger partial charge < -0.3 is 15.2 Å². The van der Waals surface area contributed by atoms with Crippen LogP contribution in [-0.4, -0.2) is 18.2 Å². The van der Waals surface area contributed by atoms with Gasteiger partial charge in [0.2, 0.25) is 0 Å². The molecule has 0 bridgehead atoms. The summed E-state index contributed by atoms with van der Waals surface area (Å²) in [6, 6.07) is 11.7. The van der Waals surface area contributed by atoms with Crippen molar-refractivity contribution in [3.63, 3.8) is 0 Å². The molecule has 0 radical (unpaired) electrons. The molecule has 4 nitrogen and oxygen atoms in total. The number of methoxy groups -OCH3 is 1. The molecule has 6 heteroatoms. The van der Waals surface area contributed by atoms with E-state index < -0.39 is 12.0 Å². The van der Waals surface area contributed by atoms with Crippen molar-refractivity contribution in [2.75, 3.05) is 12.4 Å². The van der Waals surface area contributed by atoms with E-state index in [1.165, 1.54) is 7.11 Å². The fourth-order valence-corrected chi connectivity index (χ4v) is 2.72. The zero-order valence-corrected chi connectivity index (χ0v) is 14.3. The number of halogens is 2. The van der Waals surface area contributed by atoms with Crippen molar-refractivity contribution < 1.29 is 14.6 Å². The number of hydrogen-bond donors (Lipinski definition) is 2. The van der Waals surface area contributed by atoms with Gasteiger partial charge in [-0.3, -0.25) is 0 Å². The maximum Gasteiger partial charge on any atom is 0.330 e. The van der Waals surface area contributed by atoms with Gasteiger partial charge in [0.1, 0.15) is 5.75 Å². The molecule has 1 unspecified atom stereocenters. The summed E-state index contributed by atoms with van der Waals surface area (Å²) in [5.74, 6) is -0.465. The number of rotatable bonds is 5. The van der Waals surface area contributed by atoms with Crippen LogP contribution >= 0.6 is 31.9 Å². The van der Waals surface area contributed by atoms with Gasteiger partial charge in [0.25, 0.3) is 0 Å². The van der Waals surface area contributed by atoms with E-state index in [0.717, 1.165) is 8.95 Å². The van der Waals surface area contributed by atoms with Crippen molar-refractivity contribution in [1.82, 2.24) is 0 Å². The topological polar surface area (TPSA) is 58.6 Å². The zero-order chi connectivity index (χ0) is 15.4. The van der Waals surface area contributed by atoms with Crippen molar-refractivity contribution >= 4 is 43.5 Å². The average molecular weight is 415 g/mol. The molecule has 0 heterocycles. The number of anilines is 1. The van der Waals surface area contributed by atoms with E-state index >= 15 is 0 Å². The standard InChI is InChI=1S/C15H13Br2NO3/c1-21-13-7-6-9(16)8-10(13)14(15(19)20)18-12-5-3-2-4-11(12)17/h2-8,14,18H,1H3,(H,19,20). The molecule has 2 aromatic rings. The number of nitrogens with one attached hydrogen (secondary N) is 1. The Balaban J connectivity index is 2.43. The summed E-state index contributed by atoms with van der Waals surface area (Å²) in [7, 11) is 1.52. The lowest BCUT2D eigenvalue weighted by atomic mass is 10.1. The number of carboxylic acids is 1. The Hall–Kier alpha value is -1.53. The lowest BCUT2D eigenvalue weighted by molar-refractivity contribution is -0.138. The molecular formula is C15H13Br2NO3. The summed E-state index contributed by atoms with van der Waals surface area (Å²) < 4.78 is 6.85. The molecule has 0 aromatic heterocycles. The molecule has 0 saturated carbocycles. The molecule has 0 spiro atoms. The van der Waals surface area contributed by atoms with Gasteiger partial charge in [-0.05, 0) is 46.3 Å². The van der Waals surface area contributed by atoms with Crippen LogP contribution in [0.15, 0.2) is 51.4 Å². The third-order valence-electron chi connectivity index (χ3n) is 2.92. The van der Waals surface area contributed by atoms with E-state index in [9.17, 15) is 9.90 Å². The highest BCUT2D eigenvalue weighted by Crippen LogP contribution is 2.33. The summed E-state index contributed by atoms with van der Waals surface area (Å²) >= 11 is 6.76. The second kappa shape index (κ2) is 6.95. The van der Waals surface area contributed by atoms with E-state index in [0.29, 0.717) is 17.0 Å². The van der Waals surface area contributed by atoms with Gasteiger partial charge in [-0.2, -0.15) is 0 Å². The van der Waals surface area contributed by atoms with Crippen molar-refractivity contribution in [1.29, 1.82) is 0 Å². The first-order valence-electron chi connectivity index (χ1n) is 6.10.